The molecule has 0 saturated carbocycles. The molecule has 0 aliphatic carbocycles. The van der Waals surface area contributed by atoms with Gasteiger partial charge in [0.1, 0.15) is 23.1 Å². The SMILES string of the molecule is COc1ccc(CNC(=O)c2cnc(NCCc3ccccc3F)cn2)cc1. The molecule has 0 atom stereocenters. The van der Waals surface area contributed by atoms with Crippen LogP contribution in [0, 0.1) is 5.82 Å². The van der Waals surface area contributed by atoms with E-state index >= 15 is 0 Å². The molecule has 0 bridgehead atoms. The fourth-order valence-corrected chi connectivity index (χ4v) is 2.58. The number of hydrogen-bond donors (Lipinski definition) is 2. The molecule has 0 radical (unpaired) electrons. The molecular weight excluding hydrogens is 359 g/mol. The first-order chi connectivity index (χ1) is 13.7. The van der Waals surface area contributed by atoms with Crippen molar-refractivity contribution in [3.63, 3.8) is 0 Å². The summed E-state index contributed by atoms with van der Waals surface area (Å²) in [5.41, 5.74) is 1.82. The lowest BCUT2D eigenvalue weighted by molar-refractivity contribution is 0.0945. The molecular formula is C21H21FN4O2. The second kappa shape index (κ2) is 9.45. The minimum absolute atomic E-state index is 0.223. The largest absolute Gasteiger partial charge is 0.497 e. The molecule has 3 rings (SSSR count). The van der Waals surface area contributed by atoms with Gasteiger partial charge in [-0.1, -0.05) is 30.3 Å². The summed E-state index contributed by atoms with van der Waals surface area (Å²) < 4.78 is 18.7. The molecule has 0 aliphatic heterocycles. The average molecular weight is 380 g/mol. The number of hydrogen-bond acceptors (Lipinski definition) is 5. The smallest absolute Gasteiger partial charge is 0.271 e. The van der Waals surface area contributed by atoms with Gasteiger partial charge in [-0.15, -0.1) is 0 Å². The lowest BCUT2D eigenvalue weighted by Crippen LogP contribution is -2.24. The first-order valence-electron chi connectivity index (χ1n) is 8.86. The van der Waals surface area contributed by atoms with Crippen LogP contribution in [-0.4, -0.2) is 29.5 Å². The Labute approximate surface area is 162 Å². The van der Waals surface area contributed by atoms with Crippen LogP contribution in [0.3, 0.4) is 0 Å². The van der Waals surface area contributed by atoms with Gasteiger partial charge >= 0.3 is 0 Å². The van der Waals surface area contributed by atoms with Crippen LogP contribution >= 0.6 is 0 Å². The minimum Gasteiger partial charge on any atom is -0.497 e. The Morgan fingerprint density at radius 3 is 2.54 bits per heavy atom. The van der Waals surface area contributed by atoms with Gasteiger partial charge in [0, 0.05) is 13.1 Å². The van der Waals surface area contributed by atoms with E-state index in [0.29, 0.717) is 30.9 Å². The third-order valence-electron chi connectivity index (χ3n) is 4.15. The van der Waals surface area contributed by atoms with Crippen molar-refractivity contribution in [2.45, 2.75) is 13.0 Å². The maximum absolute atomic E-state index is 13.6. The standard InChI is InChI=1S/C21H21FN4O2/c1-28-17-8-6-15(7-9-17)12-26-21(27)19-13-25-20(14-24-19)23-11-10-16-4-2-3-5-18(16)22/h2-9,13-14H,10-12H2,1H3,(H,23,25)(H,26,27). The first kappa shape index (κ1) is 19.3. The van der Waals surface area contributed by atoms with Gasteiger partial charge in [0.2, 0.25) is 0 Å². The number of nitrogens with one attached hydrogen (secondary N) is 2. The number of anilines is 1. The molecule has 0 aliphatic rings. The quantitative estimate of drug-likeness (QED) is 0.628. The van der Waals surface area contributed by atoms with Crippen molar-refractivity contribution in [3.05, 3.63) is 83.6 Å². The maximum atomic E-state index is 13.6. The van der Waals surface area contributed by atoms with E-state index in [-0.39, 0.29) is 17.4 Å². The van der Waals surface area contributed by atoms with Gasteiger partial charge in [0.15, 0.2) is 0 Å². The van der Waals surface area contributed by atoms with Crippen LogP contribution in [0.1, 0.15) is 21.6 Å². The normalized spacial score (nSPS) is 10.4. The molecule has 2 aromatic carbocycles. The molecule has 0 unspecified atom stereocenters. The van der Waals surface area contributed by atoms with Crippen molar-refractivity contribution >= 4 is 11.7 Å². The number of carbonyl (C=O) groups excluding carboxylic acids is 1. The highest BCUT2D eigenvalue weighted by atomic mass is 19.1. The molecule has 28 heavy (non-hydrogen) atoms. The molecule has 1 heterocycles. The molecule has 3 aromatic rings. The van der Waals surface area contributed by atoms with E-state index in [2.05, 4.69) is 20.6 Å². The number of methoxy groups -OCH3 is 1. The summed E-state index contributed by atoms with van der Waals surface area (Å²) >= 11 is 0. The summed E-state index contributed by atoms with van der Waals surface area (Å²) in [6.45, 7) is 0.895. The Morgan fingerprint density at radius 1 is 1.07 bits per heavy atom. The Morgan fingerprint density at radius 2 is 1.86 bits per heavy atom. The van der Waals surface area contributed by atoms with Crippen LogP contribution in [0.25, 0.3) is 0 Å². The molecule has 0 saturated heterocycles. The molecule has 144 valence electrons. The highest BCUT2D eigenvalue weighted by molar-refractivity contribution is 5.91. The third-order valence-corrected chi connectivity index (χ3v) is 4.15. The van der Waals surface area contributed by atoms with Gasteiger partial charge in [-0.25, -0.2) is 14.4 Å². The van der Waals surface area contributed by atoms with Crippen molar-refractivity contribution < 1.29 is 13.9 Å². The van der Waals surface area contributed by atoms with E-state index in [0.717, 1.165) is 11.3 Å². The van der Waals surface area contributed by atoms with Crippen molar-refractivity contribution in [2.75, 3.05) is 19.0 Å². The van der Waals surface area contributed by atoms with Gasteiger partial charge in [-0.3, -0.25) is 4.79 Å². The Balaban J connectivity index is 1.47. The Bertz CT molecular complexity index is 914. The first-order valence-corrected chi connectivity index (χ1v) is 8.86. The highest BCUT2D eigenvalue weighted by Gasteiger charge is 2.08. The van der Waals surface area contributed by atoms with Crippen LogP contribution in [0.2, 0.25) is 0 Å². The number of rotatable bonds is 8. The molecule has 0 fully saturated rings. The molecule has 1 aromatic heterocycles. The van der Waals surface area contributed by atoms with E-state index in [1.54, 1.807) is 25.3 Å². The van der Waals surface area contributed by atoms with E-state index in [1.165, 1.54) is 18.5 Å². The summed E-state index contributed by atoms with van der Waals surface area (Å²) in [5, 5.41) is 5.87. The summed E-state index contributed by atoms with van der Waals surface area (Å²) in [6, 6.07) is 14.1. The van der Waals surface area contributed by atoms with Crippen molar-refractivity contribution in [1.82, 2.24) is 15.3 Å². The predicted octanol–water partition coefficient (Wildman–Crippen LogP) is 3.21. The molecule has 1 amide bonds. The number of carbonyl (C=O) groups is 1. The third kappa shape index (κ3) is 5.26. The van der Waals surface area contributed by atoms with Crippen LogP contribution in [0.5, 0.6) is 5.75 Å². The van der Waals surface area contributed by atoms with Gasteiger partial charge in [-0.2, -0.15) is 0 Å². The van der Waals surface area contributed by atoms with Crippen LogP contribution < -0.4 is 15.4 Å². The van der Waals surface area contributed by atoms with Crippen LogP contribution in [0.15, 0.2) is 60.9 Å². The number of benzene rings is 2. The monoisotopic (exact) mass is 380 g/mol. The predicted molar refractivity (Wildman–Crippen MR) is 105 cm³/mol. The van der Waals surface area contributed by atoms with Crippen molar-refractivity contribution in [1.29, 1.82) is 0 Å². The summed E-state index contributed by atoms with van der Waals surface area (Å²) in [5.74, 6) is 0.766. The van der Waals surface area contributed by atoms with E-state index in [4.69, 9.17) is 4.74 Å². The van der Waals surface area contributed by atoms with Gasteiger partial charge in [0.25, 0.3) is 5.91 Å². The fraction of sp³-hybridized carbons (Fsp3) is 0.190. The zero-order valence-corrected chi connectivity index (χ0v) is 15.5. The molecule has 7 heteroatoms. The Hall–Kier alpha value is -3.48. The second-order valence-corrected chi connectivity index (χ2v) is 6.09. The number of amides is 1. The summed E-state index contributed by atoms with van der Waals surface area (Å²) in [6.07, 6.45) is 3.43. The van der Waals surface area contributed by atoms with Crippen LogP contribution in [0.4, 0.5) is 10.2 Å². The second-order valence-electron chi connectivity index (χ2n) is 6.09. The minimum atomic E-state index is -0.304. The lowest BCUT2D eigenvalue weighted by Gasteiger charge is -2.08. The van der Waals surface area contributed by atoms with E-state index < -0.39 is 0 Å². The van der Waals surface area contributed by atoms with Crippen molar-refractivity contribution in [2.24, 2.45) is 0 Å². The van der Waals surface area contributed by atoms with Gasteiger partial charge < -0.3 is 15.4 Å². The zero-order chi connectivity index (χ0) is 19.8. The molecule has 6 nitrogen and oxygen atoms in total. The van der Waals surface area contributed by atoms with E-state index in [1.807, 2.05) is 24.3 Å². The maximum Gasteiger partial charge on any atom is 0.271 e. The summed E-state index contributed by atoms with van der Waals surface area (Å²) in [7, 11) is 1.61. The molecule has 0 spiro atoms. The molecule has 2 N–H and O–H groups in total. The lowest BCUT2D eigenvalue weighted by atomic mass is 10.1. The number of aromatic nitrogens is 2. The fourth-order valence-electron chi connectivity index (χ4n) is 2.58. The average Bonchev–Trinajstić information content (AvgIpc) is 2.74. The number of nitrogens with zero attached hydrogens (tertiary/aromatic N) is 2. The Kier molecular flexibility index (Phi) is 6.51. The van der Waals surface area contributed by atoms with E-state index in [9.17, 15) is 9.18 Å². The van der Waals surface area contributed by atoms with Gasteiger partial charge in [0.05, 0.1) is 19.5 Å². The van der Waals surface area contributed by atoms with Gasteiger partial charge in [-0.05, 0) is 35.7 Å². The number of halogens is 1. The summed E-state index contributed by atoms with van der Waals surface area (Å²) in [4.78, 5) is 20.5. The number of ether oxygens (including phenoxy) is 1. The van der Waals surface area contributed by atoms with Crippen molar-refractivity contribution in [3.8, 4) is 5.75 Å². The zero-order valence-electron chi connectivity index (χ0n) is 15.5. The highest BCUT2D eigenvalue weighted by Crippen LogP contribution is 2.11. The topological polar surface area (TPSA) is 76.1 Å². The van der Waals surface area contributed by atoms with Crippen LogP contribution in [-0.2, 0) is 13.0 Å².